The van der Waals surface area contributed by atoms with E-state index in [9.17, 15) is 8.42 Å². The highest BCUT2D eigenvalue weighted by molar-refractivity contribution is 7.89. The molecule has 0 atom stereocenters. The highest BCUT2D eigenvalue weighted by Gasteiger charge is 2.26. The van der Waals surface area contributed by atoms with Crippen LogP contribution in [-0.2, 0) is 29.7 Å². The maximum absolute atomic E-state index is 13.1. The van der Waals surface area contributed by atoms with Crippen molar-refractivity contribution in [2.24, 2.45) is 0 Å². The quantitative estimate of drug-likeness (QED) is 0.553. The van der Waals surface area contributed by atoms with Crippen LogP contribution in [0.4, 0.5) is 0 Å². The number of sulfonamides is 1. The lowest BCUT2D eigenvalue weighted by molar-refractivity contribution is 0.305. The first kappa shape index (κ1) is 22.0. The molecule has 2 heterocycles. The molecule has 0 amide bonds. The Labute approximate surface area is 185 Å². The van der Waals surface area contributed by atoms with Crippen molar-refractivity contribution in [3.05, 3.63) is 59.4 Å². The molecule has 3 aromatic rings. The van der Waals surface area contributed by atoms with Gasteiger partial charge in [0.15, 0.2) is 0 Å². The average Bonchev–Trinajstić information content (AvgIpc) is 3.12. The molecule has 0 spiro atoms. The molecule has 1 aliphatic heterocycles. The van der Waals surface area contributed by atoms with Gasteiger partial charge in [-0.15, -0.1) is 0 Å². The van der Waals surface area contributed by atoms with E-state index in [4.69, 9.17) is 4.98 Å². The summed E-state index contributed by atoms with van der Waals surface area (Å²) in [5.41, 5.74) is 4.32. The zero-order chi connectivity index (χ0) is 22.0. The minimum absolute atomic E-state index is 0.350. The lowest BCUT2D eigenvalue weighted by atomic mass is 10.1. The fourth-order valence-electron chi connectivity index (χ4n) is 4.42. The summed E-state index contributed by atoms with van der Waals surface area (Å²) in [7, 11) is -1.36. The number of benzene rings is 2. The van der Waals surface area contributed by atoms with Gasteiger partial charge in [-0.05, 0) is 63.1 Å². The maximum atomic E-state index is 13.1. The number of piperidine rings is 1. The number of aromatic nitrogens is 2. The monoisotopic (exact) mass is 440 g/mol. The van der Waals surface area contributed by atoms with Gasteiger partial charge < -0.3 is 4.57 Å². The van der Waals surface area contributed by atoms with Crippen LogP contribution in [0, 0.1) is 6.92 Å². The van der Waals surface area contributed by atoms with Gasteiger partial charge in [0, 0.05) is 26.2 Å². The van der Waals surface area contributed by atoms with Crippen LogP contribution in [0.25, 0.3) is 11.0 Å². The summed E-state index contributed by atoms with van der Waals surface area (Å²) in [4.78, 5) is 7.45. The highest BCUT2D eigenvalue weighted by Crippen LogP contribution is 2.25. The summed E-state index contributed by atoms with van der Waals surface area (Å²) >= 11 is 0. The Morgan fingerprint density at radius 3 is 2.48 bits per heavy atom. The predicted octanol–water partition coefficient (Wildman–Crippen LogP) is 4.17. The average molecular weight is 441 g/mol. The molecule has 0 saturated carbocycles. The van der Waals surface area contributed by atoms with Crippen molar-refractivity contribution in [1.29, 1.82) is 0 Å². The van der Waals surface area contributed by atoms with Gasteiger partial charge in [0.1, 0.15) is 5.82 Å². The summed E-state index contributed by atoms with van der Waals surface area (Å²) in [6.45, 7) is 7.79. The van der Waals surface area contributed by atoms with Crippen LogP contribution >= 0.6 is 0 Å². The molecule has 1 aliphatic rings. The van der Waals surface area contributed by atoms with E-state index < -0.39 is 10.0 Å². The van der Waals surface area contributed by atoms with Crippen molar-refractivity contribution in [2.45, 2.75) is 57.6 Å². The first-order valence-corrected chi connectivity index (χ1v) is 12.6. The van der Waals surface area contributed by atoms with Crippen molar-refractivity contribution >= 4 is 21.1 Å². The second kappa shape index (κ2) is 9.10. The van der Waals surface area contributed by atoms with E-state index in [1.807, 2.05) is 6.07 Å². The number of rotatable bonds is 7. The minimum Gasteiger partial charge on any atom is -0.327 e. The standard InChI is InChI=1S/C24H32N4O2S/c1-4-28-23-13-12-21(31(29,30)27-14-8-5-9-15-27)16-22(23)25-24(28)18-26(3)17-20-11-7-6-10-19(20)2/h6-7,10-13,16H,4-5,8-9,14-15,17-18H2,1-3H3. The number of hydrogen-bond acceptors (Lipinski definition) is 4. The van der Waals surface area contributed by atoms with Gasteiger partial charge in [-0.1, -0.05) is 30.7 Å². The van der Waals surface area contributed by atoms with Crippen LogP contribution in [0.5, 0.6) is 0 Å². The Kier molecular flexibility index (Phi) is 6.46. The van der Waals surface area contributed by atoms with E-state index in [0.29, 0.717) is 24.5 Å². The molecule has 31 heavy (non-hydrogen) atoms. The fraction of sp³-hybridized carbons (Fsp3) is 0.458. The molecule has 0 radical (unpaired) electrons. The third-order valence-corrected chi connectivity index (χ3v) is 8.08. The second-order valence-electron chi connectivity index (χ2n) is 8.49. The molecule has 1 saturated heterocycles. The van der Waals surface area contributed by atoms with Gasteiger partial charge in [0.25, 0.3) is 0 Å². The Morgan fingerprint density at radius 2 is 1.77 bits per heavy atom. The van der Waals surface area contributed by atoms with Gasteiger partial charge >= 0.3 is 0 Å². The van der Waals surface area contributed by atoms with Crippen LogP contribution < -0.4 is 0 Å². The SMILES string of the molecule is CCn1c(CN(C)Cc2ccccc2C)nc2cc(S(=O)(=O)N3CCCCC3)ccc21. The Balaban J connectivity index is 1.60. The third-order valence-electron chi connectivity index (χ3n) is 6.18. The van der Waals surface area contributed by atoms with Gasteiger partial charge in [0.05, 0.1) is 22.5 Å². The second-order valence-corrected chi connectivity index (χ2v) is 10.4. The molecule has 2 aromatic carbocycles. The largest absolute Gasteiger partial charge is 0.327 e. The molecule has 166 valence electrons. The third kappa shape index (κ3) is 4.54. The first-order valence-electron chi connectivity index (χ1n) is 11.1. The van der Waals surface area contributed by atoms with Crippen molar-refractivity contribution in [3.63, 3.8) is 0 Å². The Morgan fingerprint density at radius 1 is 1.03 bits per heavy atom. The molecule has 0 bridgehead atoms. The van der Waals surface area contributed by atoms with Crippen LogP contribution in [0.15, 0.2) is 47.4 Å². The minimum atomic E-state index is -3.46. The van der Waals surface area contributed by atoms with Gasteiger partial charge in [-0.3, -0.25) is 4.90 Å². The summed E-state index contributed by atoms with van der Waals surface area (Å²) in [5.74, 6) is 0.959. The summed E-state index contributed by atoms with van der Waals surface area (Å²) < 4.78 is 30.0. The summed E-state index contributed by atoms with van der Waals surface area (Å²) in [6, 6.07) is 13.8. The van der Waals surface area contributed by atoms with Crippen LogP contribution in [0.1, 0.15) is 43.1 Å². The van der Waals surface area contributed by atoms with E-state index in [0.717, 1.165) is 49.2 Å². The molecule has 4 rings (SSSR count). The molecule has 0 aliphatic carbocycles. The van der Waals surface area contributed by atoms with Crippen LogP contribution in [0.3, 0.4) is 0 Å². The maximum Gasteiger partial charge on any atom is 0.243 e. The van der Waals surface area contributed by atoms with Gasteiger partial charge in [-0.25, -0.2) is 13.4 Å². The number of nitrogens with zero attached hydrogens (tertiary/aromatic N) is 4. The predicted molar refractivity (Wildman–Crippen MR) is 124 cm³/mol. The molecule has 0 N–H and O–H groups in total. The summed E-state index contributed by atoms with van der Waals surface area (Å²) in [5, 5.41) is 0. The van der Waals surface area contributed by atoms with E-state index in [1.54, 1.807) is 16.4 Å². The zero-order valence-electron chi connectivity index (χ0n) is 18.7. The number of imidazole rings is 1. The van der Waals surface area contributed by atoms with Gasteiger partial charge in [0.2, 0.25) is 10.0 Å². The number of hydrogen-bond donors (Lipinski definition) is 0. The van der Waals surface area contributed by atoms with Crippen molar-refractivity contribution < 1.29 is 8.42 Å². The number of aryl methyl sites for hydroxylation is 2. The van der Waals surface area contributed by atoms with E-state index in [1.165, 1.54) is 11.1 Å². The normalized spacial score (nSPS) is 15.7. The molecular formula is C24H32N4O2S. The fourth-order valence-corrected chi connectivity index (χ4v) is 5.96. The van der Waals surface area contributed by atoms with Crippen LogP contribution in [-0.4, -0.2) is 47.3 Å². The molecule has 0 unspecified atom stereocenters. The molecule has 1 aromatic heterocycles. The highest BCUT2D eigenvalue weighted by atomic mass is 32.2. The van der Waals surface area contributed by atoms with Crippen molar-refractivity contribution in [3.8, 4) is 0 Å². The Hall–Kier alpha value is -2.22. The molecule has 7 heteroatoms. The van der Waals surface area contributed by atoms with Crippen molar-refractivity contribution in [1.82, 2.24) is 18.8 Å². The zero-order valence-corrected chi connectivity index (χ0v) is 19.5. The number of fused-ring (bicyclic) bond motifs is 1. The lowest BCUT2D eigenvalue weighted by Crippen LogP contribution is -2.35. The molecular weight excluding hydrogens is 408 g/mol. The molecule has 1 fully saturated rings. The van der Waals surface area contributed by atoms with Crippen molar-refractivity contribution in [2.75, 3.05) is 20.1 Å². The summed E-state index contributed by atoms with van der Waals surface area (Å²) in [6.07, 6.45) is 2.97. The topological polar surface area (TPSA) is 58.4 Å². The molecule has 6 nitrogen and oxygen atoms in total. The van der Waals surface area contributed by atoms with E-state index in [2.05, 4.69) is 54.6 Å². The smallest absolute Gasteiger partial charge is 0.243 e. The lowest BCUT2D eigenvalue weighted by Gasteiger charge is -2.25. The van der Waals surface area contributed by atoms with E-state index >= 15 is 0 Å². The first-order chi connectivity index (χ1) is 14.9. The van der Waals surface area contributed by atoms with Crippen LogP contribution in [0.2, 0.25) is 0 Å². The van der Waals surface area contributed by atoms with Gasteiger partial charge in [-0.2, -0.15) is 4.31 Å². The Bertz CT molecular complexity index is 1160. The van der Waals surface area contributed by atoms with E-state index in [-0.39, 0.29) is 0 Å².